The monoisotopic (exact) mass is 503 g/mol. The number of thiophene rings is 1. The van der Waals surface area contributed by atoms with Gasteiger partial charge in [0.15, 0.2) is 5.58 Å². The summed E-state index contributed by atoms with van der Waals surface area (Å²) in [6.07, 6.45) is 7.28. The van der Waals surface area contributed by atoms with Crippen LogP contribution in [-0.2, 0) is 19.5 Å². The molecular weight excluding hydrogens is 466 g/mol. The molecule has 2 fully saturated rings. The summed E-state index contributed by atoms with van der Waals surface area (Å²) in [5.41, 5.74) is 4.62. The third-order valence-electron chi connectivity index (χ3n) is 7.87. The van der Waals surface area contributed by atoms with Gasteiger partial charge in [0.2, 0.25) is 0 Å². The van der Waals surface area contributed by atoms with Crippen LogP contribution in [0, 0.1) is 11.8 Å². The molecule has 190 valence electrons. The minimum atomic E-state index is 0.731. The quantitative estimate of drug-likeness (QED) is 0.240. The Labute approximate surface area is 218 Å². The van der Waals surface area contributed by atoms with Crippen LogP contribution in [0.2, 0.25) is 0 Å². The molecule has 1 aliphatic carbocycles. The molecule has 1 aliphatic heterocycles. The second-order valence-electron chi connectivity index (χ2n) is 11.1. The number of aryl methyl sites for hydroxylation is 1. The Bertz CT molecular complexity index is 1310. The normalized spacial score (nSPS) is 17.5. The number of fused-ring (bicyclic) bond motifs is 2. The summed E-state index contributed by atoms with van der Waals surface area (Å²) in [5.74, 6) is 2.44. The minimum absolute atomic E-state index is 0.731. The number of aromatic nitrogens is 1. The molecule has 0 amide bonds. The summed E-state index contributed by atoms with van der Waals surface area (Å²) < 4.78 is 13.5. The minimum Gasteiger partial charge on any atom is -0.493 e. The molecule has 0 radical (unpaired) electrons. The summed E-state index contributed by atoms with van der Waals surface area (Å²) in [6.45, 7) is 5.05. The van der Waals surface area contributed by atoms with Crippen LogP contribution in [0.25, 0.3) is 21.1 Å². The summed E-state index contributed by atoms with van der Waals surface area (Å²) in [7, 11) is 4.18. The van der Waals surface area contributed by atoms with Crippen molar-refractivity contribution in [3.05, 3.63) is 58.6 Å². The fraction of sp³-hybridized carbons (Fsp3) is 0.500. The van der Waals surface area contributed by atoms with Crippen molar-refractivity contribution in [1.29, 1.82) is 0 Å². The van der Waals surface area contributed by atoms with Crippen molar-refractivity contribution in [2.45, 2.75) is 51.6 Å². The first-order chi connectivity index (χ1) is 17.6. The molecule has 1 saturated heterocycles. The average molecular weight is 504 g/mol. The van der Waals surface area contributed by atoms with E-state index in [0.717, 1.165) is 65.9 Å². The van der Waals surface area contributed by atoms with E-state index in [9.17, 15) is 0 Å². The van der Waals surface area contributed by atoms with E-state index in [1.54, 1.807) is 0 Å². The molecule has 2 aliphatic rings. The number of hydrogen-bond acceptors (Lipinski definition) is 6. The second-order valence-corrected chi connectivity index (χ2v) is 12.0. The topological polar surface area (TPSA) is 41.7 Å². The Morgan fingerprint density at radius 1 is 1.03 bits per heavy atom. The maximum atomic E-state index is 6.19. The molecule has 36 heavy (non-hydrogen) atoms. The third kappa shape index (κ3) is 5.31. The first kappa shape index (κ1) is 24.0. The van der Waals surface area contributed by atoms with Gasteiger partial charge in [-0.1, -0.05) is 23.4 Å². The van der Waals surface area contributed by atoms with Gasteiger partial charge < -0.3 is 14.2 Å². The number of nitrogens with zero attached hydrogens (tertiary/aromatic N) is 3. The van der Waals surface area contributed by atoms with E-state index in [0.29, 0.717) is 0 Å². The van der Waals surface area contributed by atoms with Crippen molar-refractivity contribution in [2.75, 3.05) is 33.8 Å². The largest absolute Gasteiger partial charge is 0.493 e. The summed E-state index contributed by atoms with van der Waals surface area (Å²) in [6, 6.07) is 13.1. The predicted molar refractivity (Wildman–Crippen MR) is 148 cm³/mol. The number of rotatable bonds is 10. The number of likely N-dealkylation sites (tertiary alicyclic amines) is 1. The van der Waals surface area contributed by atoms with Gasteiger partial charge in [-0.15, -0.1) is 11.3 Å². The van der Waals surface area contributed by atoms with Crippen LogP contribution >= 0.6 is 11.3 Å². The smallest absolute Gasteiger partial charge is 0.175 e. The zero-order valence-corrected chi connectivity index (χ0v) is 22.4. The van der Waals surface area contributed by atoms with Gasteiger partial charge >= 0.3 is 0 Å². The molecule has 6 rings (SSSR count). The van der Waals surface area contributed by atoms with Crippen LogP contribution in [0.3, 0.4) is 0 Å². The standard InChI is InChI=1S/C30H37N3O2S/c1-32(2)18-26-28(34-19-22-7-8-22)12-10-25-27(31-35-30(25)26)11-9-21-13-15-33(16-14-21)17-23-20-36-29-6-4-3-5-24(23)29/h3-6,10,12,20-22H,7-9,11,13-19H2,1-2H3. The molecule has 1 saturated carbocycles. The maximum Gasteiger partial charge on any atom is 0.175 e. The second kappa shape index (κ2) is 10.5. The zero-order chi connectivity index (χ0) is 24.5. The lowest BCUT2D eigenvalue weighted by Crippen LogP contribution is -2.33. The van der Waals surface area contributed by atoms with Gasteiger partial charge in [-0.3, -0.25) is 4.90 Å². The lowest BCUT2D eigenvalue weighted by atomic mass is 9.91. The van der Waals surface area contributed by atoms with Gasteiger partial charge in [0.1, 0.15) is 5.75 Å². The van der Waals surface area contributed by atoms with E-state index in [4.69, 9.17) is 9.26 Å². The zero-order valence-electron chi connectivity index (χ0n) is 21.5. The van der Waals surface area contributed by atoms with Gasteiger partial charge in [-0.25, -0.2) is 0 Å². The highest BCUT2D eigenvalue weighted by atomic mass is 32.1. The molecule has 2 aromatic heterocycles. The number of hydrogen-bond donors (Lipinski definition) is 0. The lowest BCUT2D eigenvalue weighted by Gasteiger charge is -2.31. The molecular formula is C30H37N3O2S. The van der Waals surface area contributed by atoms with Crippen molar-refractivity contribution in [1.82, 2.24) is 15.0 Å². The number of piperidine rings is 1. The lowest BCUT2D eigenvalue weighted by molar-refractivity contribution is 0.173. The summed E-state index contributed by atoms with van der Waals surface area (Å²) in [5, 5.41) is 9.47. The Kier molecular flexibility index (Phi) is 7.00. The van der Waals surface area contributed by atoms with Crippen LogP contribution in [0.5, 0.6) is 5.75 Å². The van der Waals surface area contributed by atoms with Crippen LogP contribution < -0.4 is 4.74 Å². The molecule has 0 spiro atoms. The molecule has 4 aromatic rings. The van der Waals surface area contributed by atoms with Crippen LogP contribution in [-0.4, -0.2) is 48.7 Å². The highest BCUT2D eigenvalue weighted by molar-refractivity contribution is 7.17. The van der Waals surface area contributed by atoms with E-state index in [1.165, 1.54) is 60.8 Å². The Morgan fingerprint density at radius 2 is 1.86 bits per heavy atom. The van der Waals surface area contributed by atoms with Crippen molar-refractivity contribution >= 4 is 32.4 Å². The molecule has 3 heterocycles. The van der Waals surface area contributed by atoms with Crippen LogP contribution in [0.1, 0.15) is 48.9 Å². The number of benzene rings is 2. The highest BCUT2D eigenvalue weighted by Crippen LogP contribution is 2.35. The highest BCUT2D eigenvalue weighted by Gasteiger charge is 2.25. The van der Waals surface area contributed by atoms with Gasteiger partial charge in [-0.2, -0.15) is 0 Å². The first-order valence-electron chi connectivity index (χ1n) is 13.5. The van der Waals surface area contributed by atoms with Gasteiger partial charge in [-0.05, 0) is 112 Å². The fourth-order valence-electron chi connectivity index (χ4n) is 5.54. The predicted octanol–water partition coefficient (Wildman–Crippen LogP) is 6.74. The van der Waals surface area contributed by atoms with E-state index in [1.807, 2.05) is 11.3 Å². The van der Waals surface area contributed by atoms with E-state index in [-0.39, 0.29) is 0 Å². The Morgan fingerprint density at radius 3 is 2.67 bits per heavy atom. The van der Waals surface area contributed by atoms with Crippen LogP contribution in [0.15, 0.2) is 46.3 Å². The third-order valence-corrected chi connectivity index (χ3v) is 8.89. The van der Waals surface area contributed by atoms with Crippen molar-refractivity contribution in [2.24, 2.45) is 11.8 Å². The van der Waals surface area contributed by atoms with Gasteiger partial charge in [0, 0.05) is 23.2 Å². The molecule has 2 aromatic carbocycles. The average Bonchev–Trinajstić information content (AvgIpc) is 3.49. The SMILES string of the molecule is CN(C)Cc1c(OCC2CC2)ccc2c(CCC3CCN(Cc4csc5ccccc45)CC3)noc12. The maximum absolute atomic E-state index is 6.19. The van der Waals surface area contributed by atoms with Gasteiger partial charge in [0.05, 0.1) is 17.9 Å². The summed E-state index contributed by atoms with van der Waals surface area (Å²) in [4.78, 5) is 4.81. The molecule has 0 bridgehead atoms. The molecule has 6 heteroatoms. The first-order valence-corrected chi connectivity index (χ1v) is 14.4. The fourth-order valence-corrected chi connectivity index (χ4v) is 6.49. The van der Waals surface area contributed by atoms with E-state index >= 15 is 0 Å². The molecule has 0 atom stereocenters. The molecule has 5 nitrogen and oxygen atoms in total. The summed E-state index contributed by atoms with van der Waals surface area (Å²) >= 11 is 1.87. The van der Waals surface area contributed by atoms with E-state index in [2.05, 4.69) is 70.8 Å². The molecule has 0 unspecified atom stereocenters. The van der Waals surface area contributed by atoms with Gasteiger partial charge in [0.25, 0.3) is 0 Å². The van der Waals surface area contributed by atoms with Crippen molar-refractivity contribution < 1.29 is 9.26 Å². The molecule has 0 N–H and O–H groups in total. The Hall–Kier alpha value is -2.41. The van der Waals surface area contributed by atoms with Crippen molar-refractivity contribution in [3.8, 4) is 5.75 Å². The van der Waals surface area contributed by atoms with E-state index < -0.39 is 0 Å². The number of ether oxygens (including phenoxy) is 1. The van der Waals surface area contributed by atoms with Crippen molar-refractivity contribution in [3.63, 3.8) is 0 Å². The Balaban J connectivity index is 1.07. The van der Waals surface area contributed by atoms with Crippen LogP contribution in [0.4, 0.5) is 0 Å².